The van der Waals surface area contributed by atoms with Gasteiger partial charge in [-0.15, -0.1) is 0 Å². The lowest BCUT2D eigenvalue weighted by atomic mass is 10.3. The first-order chi connectivity index (χ1) is 9.28. The molecule has 0 fully saturated rings. The van der Waals surface area contributed by atoms with Crippen molar-refractivity contribution < 1.29 is 9.53 Å². The highest BCUT2D eigenvalue weighted by Crippen LogP contribution is 2.22. The summed E-state index contributed by atoms with van der Waals surface area (Å²) in [6.45, 7) is 3.45. The maximum atomic E-state index is 11.8. The van der Waals surface area contributed by atoms with E-state index in [0.29, 0.717) is 12.4 Å². The summed E-state index contributed by atoms with van der Waals surface area (Å²) >= 11 is 3.21. The minimum atomic E-state index is -0.00985. The highest BCUT2D eigenvalue weighted by Gasteiger charge is 2.10. The van der Waals surface area contributed by atoms with Gasteiger partial charge in [0.2, 0.25) is 5.91 Å². The molecule has 102 valence electrons. The summed E-state index contributed by atoms with van der Waals surface area (Å²) in [7, 11) is 0. The number of benzene rings is 1. The van der Waals surface area contributed by atoms with Gasteiger partial charge in [0.25, 0.3) is 0 Å². The molecule has 6 heteroatoms. The number of amides is 1. The first kappa shape index (κ1) is 14.3. The Kier molecular flexibility index (Phi) is 5.60. The minimum Gasteiger partial charge on any atom is -0.494 e. The van der Waals surface area contributed by atoms with Crippen LogP contribution in [0.15, 0.2) is 29.3 Å². The highest BCUT2D eigenvalue weighted by atomic mass is 32.2. The van der Waals surface area contributed by atoms with Crippen molar-refractivity contribution in [2.24, 2.45) is 4.99 Å². The van der Waals surface area contributed by atoms with Crippen LogP contribution in [0.5, 0.6) is 5.75 Å². The van der Waals surface area contributed by atoms with Crippen molar-refractivity contribution in [3.05, 3.63) is 24.3 Å². The van der Waals surface area contributed by atoms with E-state index in [1.807, 2.05) is 31.2 Å². The Morgan fingerprint density at radius 1 is 1.47 bits per heavy atom. The predicted molar refractivity (Wildman–Crippen MR) is 83.5 cm³/mol. The van der Waals surface area contributed by atoms with E-state index in [9.17, 15) is 4.79 Å². The van der Waals surface area contributed by atoms with Gasteiger partial charge in [0.15, 0.2) is 0 Å². The van der Waals surface area contributed by atoms with Crippen LogP contribution in [0.2, 0.25) is 0 Å². The van der Waals surface area contributed by atoms with Gasteiger partial charge in [-0.05, 0) is 31.2 Å². The van der Waals surface area contributed by atoms with Crippen molar-refractivity contribution in [2.45, 2.75) is 6.92 Å². The van der Waals surface area contributed by atoms with E-state index in [-0.39, 0.29) is 5.91 Å². The monoisotopic (exact) mass is 296 g/mol. The fourth-order valence-electron chi connectivity index (χ4n) is 1.53. The van der Waals surface area contributed by atoms with E-state index < -0.39 is 0 Å². The van der Waals surface area contributed by atoms with Gasteiger partial charge >= 0.3 is 0 Å². The van der Waals surface area contributed by atoms with Gasteiger partial charge in [-0.1, -0.05) is 23.5 Å². The summed E-state index contributed by atoms with van der Waals surface area (Å²) in [6.07, 6.45) is 0. The Bertz CT molecular complexity index is 460. The van der Waals surface area contributed by atoms with Crippen LogP contribution in [0.4, 0.5) is 5.69 Å². The number of nitrogens with one attached hydrogen (secondary N) is 1. The molecule has 4 nitrogen and oxygen atoms in total. The maximum Gasteiger partial charge on any atom is 0.234 e. The molecule has 0 saturated heterocycles. The maximum absolute atomic E-state index is 11.8. The van der Waals surface area contributed by atoms with Crippen molar-refractivity contribution in [1.29, 1.82) is 0 Å². The van der Waals surface area contributed by atoms with Gasteiger partial charge in [0.1, 0.15) is 10.1 Å². The molecule has 1 heterocycles. The third kappa shape index (κ3) is 4.80. The van der Waals surface area contributed by atoms with Crippen LogP contribution in [0.1, 0.15) is 6.92 Å². The fraction of sp³-hybridized carbons (Fsp3) is 0.385. The normalized spacial score (nSPS) is 14.1. The van der Waals surface area contributed by atoms with Crippen molar-refractivity contribution in [2.75, 3.05) is 30.0 Å². The number of rotatable bonds is 5. The lowest BCUT2D eigenvalue weighted by Crippen LogP contribution is -2.14. The molecule has 0 radical (unpaired) electrons. The Morgan fingerprint density at radius 3 is 2.89 bits per heavy atom. The van der Waals surface area contributed by atoms with E-state index in [4.69, 9.17) is 4.74 Å². The SMILES string of the molecule is CCOc1ccc(NC(=O)CSC2=NCCS2)cc1. The van der Waals surface area contributed by atoms with Crippen LogP contribution >= 0.6 is 23.5 Å². The number of ether oxygens (including phenoxy) is 1. The first-order valence-electron chi connectivity index (χ1n) is 6.10. The first-order valence-corrected chi connectivity index (χ1v) is 8.08. The molecule has 0 aromatic heterocycles. The predicted octanol–water partition coefficient (Wildman–Crippen LogP) is 2.86. The van der Waals surface area contributed by atoms with Crippen molar-refractivity contribution >= 4 is 39.5 Å². The van der Waals surface area contributed by atoms with Crippen LogP contribution in [-0.2, 0) is 4.79 Å². The molecule has 1 aliphatic rings. The molecule has 1 aromatic carbocycles. The molecule has 0 saturated carbocycles. The van der Waals surface area contributed by atoms with Gasteiger partial charge in [0, 0.05) is 11.4 Å². The third-order valence-electron chi connectivity index (χ3n) is 2.33. The Hall–Kier alpha value is -1.14. The largest absolute Gasteiger partial charge is 0.494 e. The van der Waals surface area contributed by atoms with E-state index in [0.717, 1.165) is 28.1 Å². The molecule has 2 rings (SSSR count). The van der Waals surface area contributed by atoms with Crippen LogP contribution < -0.4 is 10.1 Å². The van der Waals surface area contributed by atoms with Crippen molar-refractivity contribution in [3.8, 4) is 5.75 Å². The summed E-state index contributed by atoms with van der Waals surface area (Å²) in [6, 6.07) is 7.39. The molecule has 19 heavy (non-hydrogen) atoms. The van der Waals surface area contributed by atoms with Crippen molar-refractivity contribution in [3.63, 3.8) is 0 Å². The summed E-state index contributed by atoms with van der Waals surface area (Å²) in [5.74, 6) is 2.23. The van der Waals surface area contributed by atoms with E-state index in [2.05, 4.69) is 10.3 Å². The number of nitrogens with zero attached hydrogens (tertiary/aromatic N) is 1. The average Bonchev–Trinajstić information content (AvgIpc) is 2.92. The zero-order valence-corrected chi connectivity index (χ0v) is 12.4. The number of anilines is 1. The van der Waals surface area contributed by atoms with Gasteiger partial charge in [0.05, 0.1) is 18.9 Å². The molecule has 0 spiro atoms. The van der Waals surface area contributed by atoms with Gasteiger partial charge in [-0.25, -0.2) is 0 Å². The summed E-state index contributed by atoms with van der Waals surface area (Å²) < 4.78 is 6.36. The lowest BCUT2D eigenvalue weighted by molar-refractivity contribution is -0.113. The molecule has 1 aliphatic heterocycles. The number of thioether (sulfide) groups is 2. The topological polar surface area (TPSA) is 50.7 Å². The van der Waals surface area contributed by atoms with Crippen LogP contribution in [0, 0.1) is 0 Å². The molecule has 1 amide bonds. The zero-order valence-electron chi connectivity index (χ0n) is 10.7. The second-order valence-electron chi connectivity index (χ2n) is 3.79. The Balaban J connectivity index is 1.77. The molecule has 0 atom stereocenters. The molecular weight excluding hydrogens is 280 g/mol. The van der Waals surface area contributed by atoms with Gasteiger partial charge in [-0.3, -0.25) is 9.79 Å². The van der Waals surface area contributed by atoms with E-state index in [1.165, 1.54) is 11.8 Å². The molecule has 0 unspecified atom stereocenters. The summed E-state index contributed by atoms with van der Waals surface area (Å²) in [4.78, 5) is 16.0. The van der Waals surface area contributed by atoms with Crippen LogP contribution in [-0.4, -0.2) is 34.9 Å². The van der Waals surface area contributed by atoms with Crippen molar-refractivity contribution in [1.82, 2.24) is 0 Å². The number of aliphatic imine (C=N–C) groups is 1. The van der Waals surface area contributed by atoms with Crippen LogP contribution in [0.25, 0.3) is 0 Å². The Labute approximate surface area is 121 Å². The molecule has 1 N–H and O–H groups in total. The number of carbonyl (C=O) groups excluding carboxylic acids is 1. The summed E-state index contributed by atoms with van der Waals surface area (Å²) in [5.41, 5.74) is 0.787. The molecule has 1 aromatic rings. The smallest absolute Gasteiger partial charge is 0.234 e. The van der Waals surface area contributed by atoms with E-state index in [1.54, 1.807) is 11.8 Å². The second kappa shape index (κ2) is 7.45. The Morgan fingerprint density at radius 2 is 2.26 bits per heavy atom. The standard InChI is InChI=1S/C13H16N2O2S2/c1-2-17-11-5-3-10(4-6-11)15-12(16)9-19-13-14-7-8-18-13/h3-6H,2,7-9H2,1H3,(H,15,16). The number of carbonyl (C=O) groups is 1. The third-order valence-corrected chi connectivity index (χ3v) is 4.59. The van der Waals surface area contributed by atoms with Gasteiger partial charge < -0.3 is 10.1 Å². The summed E-state index contributed by atoms with van der Waals surface area (Å²) in [5, 5.41) is 2.86. The second-order valence-corrected chi connectivity index (χ2v) is 6.10. The van der Waals surface area contributed by atoms with Gasteiger partial charge in [-0.2, -0.15) is 0 Å². The number of hydrogen-bond donors (Lipinski definition) is 1. The zero-order chi connectivity index (χ0) is 13.5. The van der Waals surface area contributed by atoms with E-state index >= 15 is 0 Å². The molecular formula is C13H16N2O2S2. The minimum absolute atomic E-state index is 0.00985. The molecule has 0 aliphatic carbocycles. The lowest BCUT2D eigenvalue weighted by Gasteiger charge is -2.06. The highest BCUT2D eigenvalue weighted by molar-refractivity contribution is 8.39. The quantitative estimate of drug-likeness (QED) is 0.907. The number of hydrogen-bond acceptors (Lipinski definition) is 5. The van der Waals surface area contributed by atoms with Crippen LogP contribution in [0.3, 0.4) is 0 Å². The average molecular weight is 296 g/mol. The molecule has 0 bridgehead atoms. The fourth-order valence-corrected chi connectivity index (χ4v) is 3.34.